The molecule has 1 atom stereocenters. The number of hydrogen-bond donors (Lipinski definition) is 0. The van der Waals surface area contributed by atoms with E-state index in [2.05, 4.69) is 4.90 Å². The molecule has 2 heterocycles. The number of halogens is 1. The van der Waals surface area contributed by atoms with Gasteiger partial charge in [0.25, 0.3) is 5.91 Å². The zero-order chi connectivity index (χ0) is 24.1. The number of hydrogen-bond acceptors (Lipinski definition) is 6. The van der Waals surface area contributed by atoms with Crippen molar-refractivity contribution in [3.8, 4) is 5.75 Å². The Labute approximate surface area is 205 Å². The summed E-state index contributed by atoms with van der Waals surface area (Å²) in [6.07, 6.45) is 2.02. The van der Waals surface area contributed by atoms with E-state index in [-0.39, 0.29) is 30.4 Å². The first-order chi connectivity index (χ1) is 16.5. The first-order valence-electron chi connectivity index (χ1n) is 11.7. The van der Waals surface area contributed by atoms with Crippen LogP contribution in [0.3, 0.4) is 0 Å². The van der Waals surface area contributed by atoms with Crippen LogP contribution >= 0.6 is 11.6 Å². The predicted octanol–water partition coefficient (Wildman–Crippen LogP) is 4.30. The van der Waals surface area contributed by atoms with Crippen LogP contribution in [0.15, 0.2) is 53.6 Å². The molecule has 1 saturated heterocycles. The number of likely N-dealkylation sites (tertiary alicyclic amines) is 1. The molecule has 4 rings (SSSR count). The van der Waals surface area contributed by atoms with Crippen LogP contribution in [-0.2, 0) is 14.3 Å². The maximum atomic E-state index is 13.4. The number of amides is 1. The van der Waals surface area contributed by atoms with E-state index >= 15 is 0 Å². The van der Waals surface area contributed by atoms with Crippen molar-refractivity contribution in [3.63, 3.8) is 0 Å². The molecule has 2 aliphatic rings. The molecule has 34 heavy (non-hydrogen) atoms. The molecule has 2 aromatic rings. The highest BCUT2D eigenvalue weighted by Gasteiger charge is 2.35. The number of rotatable bonds is 7. The lowest BCUT2D eigenvalue weighted by Gasteiger charge is -2.31. The molecule has 0 aliphatic carbocycles. The SMILES string of the molecule is CCOC(=O)C1CCN(CC(=O)N2N=C(c3ccc(OC)cc3)CC2c2ccc(Cl)cc2)CC1. The highest BCUT2D eigenvalue weighted by molar-refractivity contribution is 6.30. The monoisotopic (exact) mass is 483 g/mol. The number of piperidine rings is 1. The molecule has 0 saturated carbocycles. The van der Waals surface area contributed by atoms with Gasteiger partial charge < -0.3 is 9.47 Å². The summed E-state index contributed by atoms with van der Waals surface area (Å²) in [6, 6.07) is 15.1. The van der Waals surface area contributed by atoms with Gasteiger partial charge in [0, 0.05) is 11.4 Å². The van der Waals surface area contributed by atoms with Gasteiger partial charge in [-0.15, -0.1) is 0 Å². The second-order valence-electron chi connectivity index (χ2n) is 8.59. The number of nitrogens with zero attached hydrogens (tertiary/aromatic N) is 3. The molecular weight excluding hydrogens is 454 g/mol. The van der Waals surface area contributed by atoms with Crippen LogP contribution in [0.25, 0.3) is 0 Å². The third-order valence-corrected chi connectivity index (χ3v) is 6.66. The van der Waals surface area contributed by atoms with Gasteiger partial charge in [0.2, 0.25) is 0 Å². The highest BCUT2D eigenvalue weighted by Crippen LogP contribution is 2.34. The first kappa shape index (κ1) is 24.2. The van der Waals surface area contributed by atoms with Crippen molar-refractivity contribution in [2.75, 3.05) is 33.4 Å². The van der Waals surface area contributed by atoms with E-state index < -0.39 is 0 Å². The van der Waals surface area contributed by atoms with E-state index in [1.165, 1.54) is 0 Å². The van der Waals surface area contributed by atoms with Crippen molar-refractivity contribution >= 4 is 29.2 Å². The summed E-state index contributed by atoms with van der Waals surface area (Å²) in [7, 11) is 1.63. The van der Waals surface area contributed by atoms with Gasteiger partial charge in [-0.05, 0) is 80.4 Å². The van der Waals surface area contributed by atoms with Crippen molar-refractivity contribution in [2.45, 2.75) is 32.2 Å². The fraction of sp³-hybridized carbons (Fsp3) is 0.423. The Hall–Kier alpha value is -2.90. The van der Waals surface area contributed by atoms with Gasteiger partial charge in [0.15, 0.2) is 0 Å². The van der Waals surface area contributed by atoms with Gasteiger partial charge in [-0.1, -0.05) is 23.7 Å². The van der Waals surface area contributed by atoms with Gasteiger partial charge in [-0.2, -0.15) is 5.10 Å². The maximum Gasteiger partial charge on any atom is 0.309 e. The number of esters is 1. The van der Waals surface area contributed by atoms with Crippen molar-refractivity contribution in [3.05, 3.63) is 64.7 Å². The van der Waals surface area contributed by atoms with E-state index in [4.69, 9.17) is 26.2 Å². The van der Waals surface area contributed by atoms with Crippen molar-refractivity contribution in [1.82, 2.24) is 9.91 Å². The van der Waals surface area contributed by atoms with Crippen LogP contribution in [-0.4, -0.2) is 60.8 Å². The molecule has 0 N–H and O–H groups in total. The molecule has 0 bridgehead atoms. The molecule has 0 spiro atoms. The minimum absolute atomic E-state index is 0.0574. The lowest BCUT2D eigenvalue weighted by Crippen LogP contribution is -2.43. The summed E-state index contributed by atoms with van der Waals surface area (Å²) in [4.78, 5) is 27.5. The lowest BCUT2D eigenvalue weighted by molar-refractivity contribution is -0.149. The second-order valence-corrected chi connectivity index (χ2v) is 9.02. The van der Waals surface area contributed by atoms with Crippen molar-refractivity contribution in [2.24, 2.45) is 11.0 Å². The largest absolute Gasteiger partial charge is 0.497 e. The summed E-state index contributed by atoms with van der Waals surface area (Å²) >= 11 is 6.09. The average Bonchev–Trinajstić information content (AvgIpc) is 3.31. The summed E-state index contributed by atoms with van der Waals surface area (Å²) in [5.41, 5.74) is 2.81. The predicted molar refractivity (Wildman–Crippen MR) is 131 cm³/mol. The molecule has 0 radical (unpaired) electrons. The van der Waals surface area contributed by atoms with Gasteiger partial charge in [0.1, 0.15) is 5.75 Å². The quantitative estimate of drug-likeness (QED) is 0.549. The highest BCUT2D eigenvalue weighted by atomic mass is 35.5. The van der Waals surface area contributed by atoms with Crippen LogP contribution in [0.4, 0.5) is 0 Å². The number of ether oxygens (including phenoxy) is 2. The standard InChI is InChI=1S/C26H30ClN3O4/c1-3-34-26(32)20-12-14-29(15-13-20)17-25(31)30-24(19-4-8-21(27)9-5-19)16-23(28-30)18-6-10-22(33-2)11-7-18/h4-11,20,24H,3,12-17H2,1-2H3. The Morgan fingerprint density at radius 1 is 1.06 bits per heavy atom. The van der Waals surface area contributed by atoms with Gasteiger partial charge in [0.05, 0.1) is 37.9 Å². The lowest BCUT2D eigenvalue weighted by atomic mass is 9.97. The summed E-state index contributed by atoms with van der Waals surface area (Å²) in [6.45, 7) is 3.85. The van der Waals surface area contributed by atoms with E-state index in [0.29, 0.717) is 44.0 Å². The normalized spacial score (nSPS) is 19.1. The van der Waals surface area contributed by atoms with Gasteiger partial charge in [-0.25, -0.2) is 5.01 Å². The van der Waals surface area contributed by atoms with Crippen LogP contribution in [0.1, 0.15) is 43.4 Å². The smallest absolute Gasteiger partial charge is 0.309 e. The molecule has 2 aromatic carbocycles. The van der Waals surface area contributed by atoms with E-state index in [1.807, 2.05) is 55.5 Å². The number of carbonyl (C=O) groups is 2. The van der Waals surface area contributed by atoms with Crippen LogP contribution < -0.4 is 4.74 Å². The van der Waals surface area contributed by atoms with Crippen molar-refractivity contribution < 1.29 is 19.1 Å². The molecule has 180 valence electrons. The third kappa shape index (κ3) is 5.59. The Kier molecular flexibility index (Phi) is 7.85. The number of benzene rings is 2. The molecule has 1 amide bonds. The summed E-state index contributed by atoms with van der Waals surface area (Å²) < 4.78 is 10.4. The zero-order valence-electron chi connectivity index (χ0n) is 19.6. The molecule has 7 nitrogen and oxygen atoms in total. The van der Waals surface area contributed by atoms with E-state index in [0.717, 1.165) is 22.6 Å². The molecule has 0 aromatic heterocycles. The molecule has 8 heteroatoms. The Bertz CT molecular complexity index is 1030. The van der Waals surface area contributed by atoms with E-state index in [9.17, 15) is 9.59 Å². The fourth-order valence-corrected chi connectivity index (χ4v) is 4.62. The molecule has 1 fully saturated rings. The molecule has 1 unspecified atom stereocenters. The van der Waals surface area contributed by atoms with Crippen LogP contribution in [0.2, 0.25) is 5.02 Å². The zero-order valence-corrected chi connectivity index (χ0v) is 20.3. The van der Waals surface area contributed by atoms with Gasteiger partial charge >= 0.3 is 5.97 Å². The Morgan fingerprint density at radius 3 is 2.35 bits per heavy atom. The van der Waals surface area contributed by atoms with E-state index in [1.54, 1.807) is 12.1 Å². The minimum Gasteiger partial charge on any atom is -0.497 e. The Morgan fingerprint density at radius 2 is 1.74 bits per heavy atom. The minimum atomic E-state index is -0.195. The third-order valence-electron chi connectivity index (χ3n) is 6.41. The maximum absolute atomic E-state index is 13.4. The van der Waals surface area contributed by atoms with Crippen LogP contribution in [0, 0.1) is 5.92 Å². The fourth-order valence-electron chi connectivity index (χ4n) is 4.49. The first-order valence-corrected chi connectivity index (χ1v) is 12.0. The van der Waals surface area contributed by atoms with Crippen LogP contribution in [0.5, 0.6) is 5.75 Å². The summed E-state index contributed by atoms with van der Waals surface area (Å²) in [5, 5.41) is 7.02. The molecular formula is C26H30ClN3O4. The topological polar surface area (TPSA) is 71.4 Å². The Balaban J connectivity index is 1.48. The average molecular weight is 484 g/mol. The second kappa shape index (κ2) is 11.0. The molecule has 2 aliphatic heterocycles. The number of carbonyl (C=O) groups excluding carboxylic acids is 2. The summed E-state index contributed by atoms with van der Waals surface area (Å²) in [5.74, 6) is 0.498. The van der Waals surface area contributed by atoms with Crippen molar-refractivity contribution in [1.29, 1.82) is 0 Å². The number of hydrazone groups is 1. The van der Waals surface area contributed by atoms with Gasteiger partial charge in [-0.3, -0.25) is 14.5 Å². The number of methoxy groups -OCH3 is 1.